The van der Waals surface area contributed by atoms with Crippen molar-refractivity contribution >= 4 is 41.6 Å². The van der Waals surface area contributed by atoms with Crippen molar-refractivity contribution in [3.8, 4) is 0 Å². The molecule has 346 valence electrons. The molecule has 2 aromatic carbocycles. The van der Waals surface area contributed by atoms with Crippen molar-refractivity contribution < 1.29 is 66.7 Å². The van der Waals surface area contributed by atoms with E-state index in [-0.39, 0.29) is 55.0 Å². The largest absolute Gasteiger partial charge is 0.493 e. The molecule has 0 unspecified atom stereocenters. The number of carbonyl (C=O) groups excluding carboxylic acids is 7. The van der Waals surface area contributed by atoms with Gasteiger partial charge in [-0.05, 0) is 81.4 Å². The van der Waals surface area contributed by atoms with E-state index in [0.29, 0.717) is 11.1 Å². The van der Waals surface area contributed by atoms with Crippen LogP contribution in [0.5, 0.6) is 0 Å². The van der Waals surface area contributed by atoms with E-state index in [0.717, 1.165) is 0 Å². The zero-order valence-electron chi connectivity index (χ0n) is 38.6. The molecule has 4 fully saturated rings. The van der Waals surface area contributed by atoms with Crippen molar-refractivity contribution in [3.05, 3.63) is 94.8 Å². The second-order valence-electron chi connectivity index (χ2n) is 19.9. The quantitative estimate of drug-likeness (QED) is 0.141. The minimum Gasteiger partial charge on any atom is -0.493 e. The number of hydrogen-bond acceptors (Lipinski definition) is 14. The zero-order valence-corrected chi connectivity index (χ0v) is 38.6. The van der Waals surface area contributed by atoms with Gasteiger partial charge >= 0.3 is 35.8 Å². The van der Waals surface area contributed by atoms with Crippen LogP contribution in [0, 0.1) is 44.8 Å². The minimum absolute atomic E-state index is 0.0109. The summed E-state index contributed by atoms with van der Waals surface area (Å²) in [7, 11) is 1.42. The third kappa shape index (κ3) is 6.27. The van der Waals surface area contributed by atoms with Crippen LogP contribution in [0.25, 0.3) is 0 Å². The molecule has 0 radical (unpaired) electrons. The lowest BCUT2D eigenvalue weighted by Gasteiger charge is -2.68. The van der Waals surface area contributed by atoms with Crippen molar-refractivity contribution in [3.63, 3.8) is 0 Å². The lowest BCUT2D eigenvalue weighted by molar-refractivity contribution is -0.276. The first-order valence-corrected chi connectivity index (χ1v) is 22.3. The van der Waals surface area contributed by atoms with Crippen molar-refractivity contribution in [1.29, 1.82) is 0 Å². The fourth-order valence-corrected chi connectivity index (χ4v) is 14.3. The Morgan fingerprint density at radius 2 is 1.35 bits per heavy atom. The molecule has 2 bridgehead atoms. The minimum atomic E-state index is -1.79. The van der Waals surface area contributed by atoms with Crippen molar-refractivity contribution in [2.24, 2.45) is 44.8 Å². The number of methoxy groups -OCH3 is 1. The smallest absolute Gasteiger partial charge is 0.338 e. The Morgan fingerprint density at radius 3 is 1.91 bits per heavy atom. The Balaban J connectivity index is 1.48. The molecule has 1 heterocycles. The number of carbonyl (C=O) groups is 7. The number of esters is 6. The van der Waals surface area contributed by atoms with Gasteiger partial charge in [0.2, 0.25) is 0 Å². The van der Waals surface area contributed by atoms with Crippen molar-refractivity contribution in [1.82, 2.24) is 0 Å². The van der Waals surface area contributed by atoms with Crippen LogP contribution in [-0.2, 0) is 57.1 Å². The van der Waals surface area contributed by atoms with Crippen LogP contribution in [0.2, 0.25) is 0 Å². The zero-order chi connectivity index (χ0) is 47.2. The van der Waals surface area contributed by atoms with E-state index >= 15 is 0 Å². The summed E-state index contributed by atoms with van der Waals surface area (Å²) >= 11 is 0. The molecule has 8 rings (SSSR count). The van der Waals surface area contributed by atoms with Gasteiger partial charge in [0.15, 0.2) is 11.5 Å². The molecule has 2 aromatic rings. The van der Waals surface area contributed by atoms with Crippen molar-refractivity contribution in [2.45, 2.75) is 118 Å². The fourth-order valence-electron chi connectivity index (χ4n) is 14.3. The normalized spacial score (nSPS) is 38.9. The molecule has 0 amide bonds. The first kappa shape index (κ1) is 45.8. The lowest BCUT2D eigenvalue weighted by Crippen LogP contribution is -2.76. The number of ketones is 1. The van der Waals surface area contributed by atoms with Gasteiger partial charge in [0, 0.05) is 57.3 Å². The van der Waals surface area contributed by atoms with Gasteiger partial charge in [0.25, 0.3) is 0 Å². The molecule has 6 aliphatic rings. The van der Waals surface area contributed by atoms with Crippen LogP contribution >= 0.6 is 0 Å². The van der Waals surface area contributed by atoms with Gasteiger partial charge in [-0.1, -0.05) is 55.8 Å². The summed E-state index contributed by atoms with van der Waals surface area (Å²) in [5.74, 6) is -6.67. The van der Waals surface area contributed by atoms with E-state index in [1.807, 2.05) is 20.8 Å². The van der Waals surface area contributed by atoms with E-state index in [1.54, 1.807) is 87.5 Å². The number of hydrogen-bond donors (Lipinski definition) is 0. The molecule has 2 spiro atoms. The third-order valence-electron chi connectivity index (χ3n) is 16.8. The predicted molar refractivity (Wildman–Crippen MR) is 230 cm³/mol. The highest BCUT2D eigenvalue weighted by Gasteiger charge is 2.90. The summed E-state index contributed by atoms with van der Waals surface area (Å²) in [4.78, 5) is 98.4. The fraction of sp³-hybridized carbons (Fsp3) is 0.549. The topological polar surface area (TPSA) is 184 Å². The van der Waals surface area contributed by atoms with E-state index in [9.17, 15) is 33.6 Å². The average molecular weight is 895 g/mol. The number of benzene rings is 2. The van der Waals surface area contributed by atoms with Crippen LogP contribution in [0.3, 0.4) is 0 Å². The second-order valence-corrected chi connectivity index (χ2v) is 19.9. The van der Waals surface area contributed by atoms with Gasteiger partial charge in [-0.15, -0.1) is 0 Å². The third-order valence-corrected chi connectivity index (χ3v) is 16.8. The summed E-state index contributed by atoms with van der Waals surface area (Å²) in [6.45, 7) is 14.5. The number of allylic oxidation sites excluding steroid dienone is 2. The molecule has 0 N–H and O–H groups in total. The van der Waals surface area contributed by atoms with Gasteiger partial charge in [-0.2, -0.15) is 0 Å². The summed E-state index contributed by atoms with van der Waals surface area (Å²) in [6, 6.07) is 16.8. The Kier molecular flexibility index (Phi) is 11.0. The molecule has 0 aromatic heterocycles. The molecule has 65 heavy (non-hydrogen) atoms. The summed E-state index contributed by atoms with van der Waals surface area (Å²) in [5, 5.41) is 0. The van der Waals surface area contributed by atoms with Crippen LogP contribution in [0.4, 0.5) is 0 Å². The van der Waals surface area contributed by atoms with Gasteiger partial charge in [-0.3, -0.25) is 24.0 Å². The van der Waals surface area contributed by atoms with Crippen LogP contribution in [-0.4, -0.2) is 85.3 Å². The van der Waals surface area contributed by atoms with E-state index in [1.165, 1.54) is 27.9 Å². The summed E-state index contributed by atoms with van der Waals surface area (Å²) in [5.41, 5.74) is -7.08. The van der Waals surface area contributed by atoms with Crippen molar-refractivity contribution in [2.75, 3.05) is 13.7 Å². The maximum absolute atomic E-state index is 15.0. The highest BCUT2D eigenvalue weighted by Crippen LogP contribution is 2.82. The predicted octanol–water partition coefficient (Wildman–Crippen LogP) is 7.08. The molecule has 5 aliphatic carbocycles. The molecular formula is C51H58O14. The first-order chi connectivity index (χ1) is 30.6. The van der Waals surface area contributed by atoms with E-state index in [4.69, 9.17) is 33.2 Å². The van der Waals surface area contributed by atoms with Gasteiger partial charge in [0.1, 0.15) is 36.6 Å². The van der Waals surface area contributed by atoms with Gasteiger partial charge in [0.05, 0.1) is 34.5 Å². The maximum Gasteiger partial charge on any atom is 0.338 e. The number of Topliss-reactive ketones (excluding diaryl/α,β-unsaturated/α-hetero) is 1. The Labute approximate surface area is 378 Å². The van der Waals surface area contributed by atoms with E-state index < -0.39 is 111 Å². The van der Waals surface area contributed by atoms with Gasteiger partial charge in [-0.25, -0.2) is 9.59 Å². The maximum atomic E-state index is 15.0. The van der Waals surface area contributed by atoms with Crippen LogP contribution in [0.1, 0.15) is 109 Å². The summed E-state index contributed by atoms with van der Waals surface area (Å²) < 4.78 is 45.2. The van der Waals surface area contributed by atoms with Crippen LogP contribution < -0.4 is 0 Å². The Hall–Kier alpha value is -5.79. The molecule has 13 atom stereocenters. The molecule has 14 nitrogen and oxygen atoms in total. The first-order valence-electron chi connectivity index (χ1n) is 22.3. The molecular weight excluding hydrogens is 837 g/mol. The number of ether oxygens (including phenoxy) is 7. The lowest BCUT2D eigenvalue weighted by atomic mass is 9.36. The van der Waals surface area contributed by atoms with Crippen LogP contribution in [0.15, 0.2) is 83.6 Å². The molecule has 1 aliphatic heterocycles. The molecule has 14 heteroatoms. The highest BCUT2D eigenvalue weighted by molar-refractivity contribution is 5.96. The standard InChI is InChI=1S/C51H58O14/c1-27-21-38(63-43(56)33-17-13-11-14-18-33)48(9)39(64-44(57)34-19-15-12-16-20-34)24-46(7)25-50(48,65-45(46)58)51(27)29(3)42(62-32(6)54)49(26-60-30(4)52)37-22-35(55)40(59-10)28(2)47(37,8)23-36(41(49)51)61-31(5)53/h11-21,29,36-39,41-42H,22-26H2,1-10H3/t29-,36+,37+,38+,39-,41-,42-,46+,47+,48-,49-,50-,51-/m0/s1. The van der Waals surface area contributed by atoms with E-state index in [2.05, 4.69) is 0 Å². The monoisotopic (exact) mass is 894 g/mol. The average Bonchev–Trinajstić information content (AvgIpc) is 3.62. The molecule has 3 saturated carbocycles. The Bertz CT molecular complexity index is 2420. The second kappa shape index (κ2) is 15.7. The Morgan fingerprint density at radius 1 is 0.769 bits per heavy atom. The summed E-state index contributed by atoms with van der Waals surface area (Å²) in [6.07, 6.45) is -2.81. The highest BCUT2D eigenvalue weighted by atomic mass is 16.6. The SMILES string of the molecule is COC1=C(C)[C@@]2(C)C[C@@H](OC(C)=O)[C@H]3[C@@](COC(C)=O)([C@@H](OC(C)=O)[C@H](C)[C@@]34C(C)=C[C@@H](OC(=O)c3ccccc3)[C@@]3(C)[C@@H](OC(=O)c5ccccc5)C[C@]5(C)C[C@]34OC5=O)[C@@H]2CC1=O. The van der Waals surface area contributed by atoms with Gasteiger partial charge < -0.3 is 33.2 Å². The number of fused-ring (bicyclic) bond motifs is 5. The number of rotatable bonds is 9. The molecule has 1 saturated heterocycles.